The Kier molecular flexibility index (Phi) is 6.51. The van der Waals surface area contributed by atoms with Gasteiger partial charge < -0.3 is 15.1 Å². The first-order valence-corrected chi connectivity index (χ1v) is 9.70. The van der Waals surface area contributed by atoms with Gasteiger partial charge in [0.25, 0.3) is 5.91 Å². The van der Waals surface area contributed by atoms with Crippen molar-refractivity contribution < 1.29 is 27.2 Å². The van der Waals surface area contributed by atoms with Crippen molar-refractivity contribution in [2.45, 2.75) is 23.2 Å². The highest BCUT2D eigenvalue weighted by Crippen LogP contribution is 2.31. The predicted molar refractivity (Wildman–Crippen MR) is 108 cm³/mol. The van der Waals surface area contributed by atoms with Crippen molar-refractivity contribution in [2.75, 3.05) is 10.6 Å². The van der Waals surface area contributed by atoms with Gasteiger partial charge in [-0.15, -0.1) is 11.8 Å². The first-order chi connectivity index (χ1) is 14.2. The van der Waals surface area contributed by atoms with E-state index in [0.717, 1.165) is 12.1 Å². The van der Waals surface area contributed by atoms with Gasteiger partial charge in [-0.25, -0.2) is 0 Å². The van der Waals surface area contributed by atoms with Crippen LogP contribution in [0.3, 0.4) is 0 Å². The first kappa shape index (κ1) is 21.5. The molecular formula is C21H17F3N2O3S. The summed E-state index contributed by atoms with van der Waals surface area (Å²) >= 11 is 1.21. The molecule has 3 aromatic rings. The molecule has 1 unspecified atom stereocenters. The molecule has 156 valence electrons. The lowest BCUT2D eigenvalue weighted by atomic mass is 10.2. The molecule has 0 aliphatic rings. The number of anilines is 2. The number of carbonyl (C=O) groups excluding carboxylic acids is 2. The molecule has 2 aromatic carbocycles. The minimum atomic E-state index is -4.48. The van der Waals surface area contributed by atoms with Crippen molar-refractivity contribution in [3.05, 3.63) is 78.3 Å². The minimum absolute atomic E-state index is 0.0711. The van der Waals surface area contributed by atoms with Crippen LogP contribution in [0.25, 0.3) is 0 Å². The topological polar surface area (TPSA) is 71.3 Å². The van der Waals surface area contributed by atoms with E-state index in [1.807, 2.05) is 0 Å². The molecule has 2 N–H and O–H groups in total. The van der Waals surface area contributed by atoms with E-state index in [4.69, 9.17) is 4.42 Å². The summed E-state index contributed by atoms with van der Waals surface area (Å²) in [5.74, 6) is -0.677. The summed E-state index contributed by atoms with van der Waals surface area (Å²) in [4.78, 5) is 25.2. The zero-order valence-corrected chi connectivity index (χ0v) is 16.5. The zero-order valence-electron chi connectivity index (χ0n) is 15.7. The second-order valence-electron chi connectivity index (χ2n) is 6.29. The van der Waals surface area contributed by atoms with Crippen molar-refractivity contribution in [1.82, 2.24) is 0 Å². The van der Waals surface area contributed by atoms with E-state index in [1.54, 1.807) is 37.3 Å². The van der Waals surface area contributed by atoms with Crippen molar-refractivity contribution in [2.24, 2.45) is 0 Å². The van der Waals surface area contributed by atoms with E-state index in [9.17, 15) is 22.8 Å². The third-order valence-electron chi connectivity index (χ3n) is 3.98. The monoisotopic (exact) mass is 434 g/mol. The number of halogens is 3. The van der Waals surface area contributed by atoms with Gasteiger partial charge in [-0.2, -0.15) is 13.2 Å². The van der Waals surface area contributed by atoms with Gasteiger partial charge in [0.1, 0.15) is 0 Å². The Morgan fingerprint density at radius 1 is 0.967 bits per heavy atom. The number of rotatable bonds is 6. The van der Waals surface area contributed by atoms with Crippen LogP contribution >= 0.6 is 11.8 Å². The van der Waals surface area contributed by atoms with Gasteiger partial charge in [-0.05, 0) is 55.5 Å². The molecule has 0 saturated heterocycles. The predicted octanol–water partition coefficient (Wildman–Crippen LogP) is 5.67. The molecule has 0 aliphatic heterocycles. The first-order valence-electron chi connectivity index (χ1n) is 8.82. The molecule has 0 saturated carbocycles. The van der Waals surface area contributed by atoms with Crippen LogP contribution in [-0.2, 0) is 11.0 Å². The van der Waals surface area contributed by atoms with E-state index < -0.39 is 28.8 Å². The molecule has 0 radical (unpaired) electrons. The second kappa shape index (κ2) is 9.08. The van der Waals surface area contributed by atoms with Crippen LogP contribution in [0.15, 0.2) is 76.2 Å². The number of nitrogens with one attached hydrogen (secondary N) is 2. The van der Waals surface area contributed by atoms with Crippen LogP contribution in [0.4, 0.5) is 24.5 Å². The lowest BCUT2D eigenvalue weighted by molar-refractivity contribution is -0.137. The molecule has 0 spiro atoms. The van der Waals surface area contributed by atoms with Gasteiger partial charge in [-0.1, -0.05) is 12.1 Å². The Morgan fingerprint density at radius 2 is 1.67 bits per heavy atom. The molecule has 0 bridgehead atoms. The molecule has 9 heteroatoms. The van der Waals surface area contributed by atoms with Crippen molar-refractivity contribution in [3.63, 3.8) is 0 Å². The van der Waals surface area contributed by atoms with Crippen molar-refractivity contribution in [1.29, 1.82) is 0 Å². The van der Waals surface area contributed by atoms with Crippen molar-refractivity contribution >= 4 is 35.0 Å². The molecule has 2 amide bonds. The van der Waals surface area contributed by atoms with Gasteiger partial charge in [0.2, 0.25) is 5.91 Å². The Balaban J connectivity index is 1.62. The number of amides is 2. The minimum Gasteiger partial charge on any atom is -0.459 e. The summed E-state index contributed by atoms with van der Waals surface area (Å²) in [7, 11) is 0. The van der Waals surface area contributed by atoms with E-state index in [1.165, 1.54) is 36.2 Å². The Labute approximate surface area is 174 Å². The molecule has 5 nitrogen and oxygen atoms in total. The van der Waals surface area contributed by atoms with Gasteiger partial charge in [0.05, 0.1) is 17.1 Å². The Morgan fingerprint density at radius 3 is 2.33 bits per heavy atom. The highest BCUT2D eigenvalue weighted by atomic mass is 32.2. The summed E-state index contributed by atoms with van der Waals surface area (Å²) in [6, 6.07) is 14.5. The van der Waals surface area contributed by atoms with Crippen LogP contribution in [0, 0.1) is 0 Å². The van der Waals surface area contributed by atoms with Gasteiger partial charge in [0.15, 0.2) is 5.76 Å². The molecule has 3 rings (SSSR count). The third kappa shape index (κ3) is 5.66. The fourth-order valence-electron chi connectivity index (χ4n) is 2.52. The maximum atomic E-state index is 12.8. The zero-order chi connectivity index (χ0) is 21.7. The van der Waals surface area contributed by atoms with E-state index in [-0.39, 0.29) is 11.4 Å². The summed E-state index contributed by atoms with van der Waals surface area (Å²) in [6.45, 7) is 1.64. The Bertz CT molecular complexity index is 1040. The summed E-state index contributed by atoms with van der Waals surface area (Å²) < 4.78 is 43.5. The quantitative estimate of drug-likeness (QED) is 0.491. The van der Waals surface area contributed by atoms with Crippen molar-refractivity contribution in [3.8, 4) is 0 Å². The van der Waals surface area contributed by atoms with E-state index in [0.29, 0.717) is 10.6 Å². The highest BCUT2D eigenvalue weighted by Gasteiger charge is 2.30. The third-order valence-corrected chi connectivity index (χ3v) is 5.07. The fourth-order valence-corrected chi connectivity index (χ4v) is 3.45. The molecule has 1 atom stereocenters. The standard InChI is InChI=1S/C21H17F3N2O3S/c1-13(19(27)25-15-6-2-5-14(11-15)21(22,23)24)30-17-8-3-7-16(12-17)26-20(28)18-9-4-10-29-18/h2-13H,1H3,(H,25,27)(H,26,28). The largest absolute Gasteiger partial charge is 0.459 e. The summed E-state index contributed by atoms with van der Waals surface area (Å²) in [6.07, 6.45) is -3.09. The lowest BCUT2D eigenvalue weighted by Crippen LogP contribution is -2.22. The fraction of sp³-hybridized carbons (Fsp3) is 0.143. The van der Waals surface area contributed by atoms with E-state index >= 15 is 0 Å². The van der Waals surface area contributed by atoms with Gasteiger partial charge in [-0.3, -0.25) is 9.59 Å². The maximum absolute atomic E-state index is 12.8. The number of benzene rings is 2. The maximum Gasteiger partial charge on any atom is 0.416 e. The number of hydrogen-bond donors (Lipinski definition) is 2. The van der Waals surface area contributed by atoms with Crippen LogP contribution in [0.1, 0.15) is 23.0 Å². The number of alkyl halides is 3. The molecule has 30 heavy (non-hydrogen) atoms. The smallest absolute Gasteiger partial charge is 0.416 e. The average molecular weight is 434 g/mol. The molecule has 1 aromatic heterocycles. The highest BCUT2D eigenvalue weighted by molar-refractivity contribution is 8.00. The summed E-state index contributed by atoms with van der Waals surface area (Å²) in [5, 5.41) is 4.60. The van der Waals surface area contributed by atoms with Gasteiger partial charge >= 0.3 is 6.18 Å². The van der Waals surface area contributed by atoms with E-state index in [2.05, 4.69) is 10.6 Å². The van der Waals surface area contributed by atoms with Crippen LogP contribution in [0.2, 0.25) is 0 Å². The normalized spacial score (nSPS) is 12.3. The molecule has 1 heterocycles. The number of carbonyl (C=O) groups is 2. The van der Waals surface area contributed by atoms with Crippen LogP contribution in [0.5, 0.6) is 0 Å². The second-order valence-corrected chi connectivity index (χ2v) is 7.70. The SMILES string of the molecule is CC(Sc1cccc(NC(=O)c2ccco2)c1)C(=O)Nc1cccc(C(F)(F)F)c1. The average Bonchev–Trinajstić information content (AvgIpc) is 3.23. The number of furan rings is 1. The number of thioether (sulfide) groups is 1. The van der Waals surface area contributed by atoms with Crippen LogP contribution < -0.4 is 10.6 Å². The van der Waals surface area contributed by atoms with Gasteiger partial charge in [0, 0.05) is 16.3 Å². The number of hydrogen-bond acceptors (Lipinski definition) is 4. The lowest BCUT2D eigenvalue weighted by Gasteiger charge is -2.14. The molecule has 0 aliphatic carbocycles. The molecule has 0 fully saturated rings. The summed E-state index contributed by atoms with van der Waals surface area (Å²) in [5.41, 5.74) is -0.241. The van der Waals surface area contributed by atoms with Crippen LogP contribution in [-0.4, -0.2) is 17.1 Å². The Hall–Kier alpha value is -3.20. The molecular weight excluding hydrogens is 417 g/mol.